The summed E-state index contributed by atoms with van der Waals surface area (Å²) in [6, 6.07) is 9.12. The number of hydrogen-bond donors (Lipinski definition) is 1. The molecule has 0 amide bonds. The molecule has 17 heavy (non-hydrogen) atoms. The van der Waals surface area contributed by atoms with Crippen LogP contribution in [0.2, 0.25) is 10.0 Å². The minimum atomic E-state index is 0.566. The molecule has 3 rings (SSSR count). The van der Waals surface area contributed by atoms with E-state index in [-0.39, 0.29) is 0 Å². The molecule has 2 heterocycles. The van der Waals surface area contributed by atoms with Crippen molar-refractivity contribution < 1.29 is 0 Å². The van der Waals surface area contributed by atoms with Crippen LogP contribution < -0.4 is 0 Å². The van der Waals surface area contributed by atoms with E-state index < -0.39 is 0 Å². The molecule has 0 spiro atoms. The molecule has 0 saturated carbocycles. The largest absolute Gasteiger partial charge is 0.336 e. The van der Waals surface area contributed by atoms with Crippen LogP contribution in [0.15, 0.2) is 36.5 Å². The predicted molar refractivity (Wildman–Crippen MR) is 69.3 cm³/mol. The molecular formula is C12H7Cl2N3. The number of H-pyrrole nitrogens is 1. The molecule has 0 bridgehead atoms. The highest BCUT2D eigenvalue weighted by Crippen LogP contribution is 2.33. The summed E-state index contributed by atoms with van der Waals surface area (Å²) in [7, 11) is 0. The number of rotatable bonds is 1. The second-order valence-electron chi connectivity index (χ2n) is 3.56. The van der Waals surface area contributed by atoms with Gasteiger partial charge in [-0.2, -0.15) is 0 Å². The zero-order valence-corrected chi connectivity index (χ0v) is 10.1. The minimum absolute atomic E-state index is 0.566. The zero-order chi connectivity index (χ0) is 11.8. The molecule has 84 valence electrons. The maximum atomic E-state index is 6.13. The van der Waals surface area contributed by atoms with Crippen molar-refractivity contribution >= 4 is 34.4 Å². The summed E-state index contributed by atoms with van der Waals surface area (Å²) in [5.41, 5.74) is 2.21. The lowest BCUT2D eigenvalue weighted by Crippen LogP contribution is -1.83. The van der Waals surface area contributed by atoms with Gasteiger partial charge in [-0.3, -0.25) is 0 Å². The number of hydrogen-bond acceptors (Lipinski definition) is 2. The first kappa shape index (κ1) is 10.6. The van der Waals surface area contributed by atoms with Crippen molar-refractivity contribution in [2.24, 2.45) is 0 Å². The van der Waals surface area contributed by atoms with Crippen molar-refractivity contribution in [3.63, 3.8) is 0 Å². The van der Waals surface area contributed by atoms with Gasteiger partial charge in [0, 0.05) is 6.20 Å². The monoisotopic (exact) mass is 263 g/mol. The Morgan fingerprint density at radius 1 is 1.00 bits per heavy atom. The molecule has 0 fully saturated rings. The lowest BCUT2D eigenvalue weighted by atomic mass is 10.2. The average molecular weight is 264 g/mol. The van der Waals surface area contributed by atoms with Crippen molar-refractivity contribution in [1.82, 2.24) is 15.0 Å². The maximum Gasteiger partial charge on any atom is 0.178 e. The summed E-state index contributed by atoms with van der Waals surface area (Å²) >= 11 is 12.3. The fourth-order valence-corrected chi connectivity index (χ4v) is 2.26. The fraction of sp³-hybridized carbons (Fsp3) is 0. The van der Waals surface area contributed by atoms with E-state index in [1.54, 1.807) is 24.4 Å². The fourth-order valence-electron chi connectivity index (χ4n) is 1.69. The summed E-state index contributed by atoms with van der Waals surface area (Å²) in [5.74, 6) is 0.634. The Bertz CT molecular complexity index is 638. The lowest BCUT2D eigenvalue weighted by molar-refractivity contribution is 1.30. The number of pyridine rings is 1. The molecule has 0 unspecified atom stereocenters. The Hall–Kier alpha value is -1.58. The van der Waals surface area contributed by atoms with Crippen LogP contribution in [0, 0.1) is 0 Å². The smallest absolute Gasteiger partial charge is 0.178 e. The van der Waals surface area contributed by atoms with Crippen LogP contribution in [-0.4, -0.2) is 15.0 Å². The van der Waals surface area contributed by atoms with E-state index in [9.17, 15) is 0 Å². The summed E-state index contributed by atoms with van der Waals surface area (Å²) in [4.78, 5) is 11.7. The third kappa shape index (κ3) is 1.77. The van der Waals surface area contributed by atoms with Crippen molar-refractivity contribution in [3.8, 4) is 11.4 Å². The van der Waals surface area contributed by atoms with E-state index in [1.807, 2.05) is 12.1 Å². The first-order valence-corrected chi connectivity index (χ1v) is 5.76. The van der Waals surface area contributed by atoms with E-state index in [4.69, 9.17) is 23.2 Å². The Morgan fingerprint density at radius 3 is 2.47 bits per heavy atom. The summed E-state index contributed by atoms with van der Waals surface area (Å²) in [6.07, 6.45) is 1.70. The zero-order valence-electron chi connectivity index (χ0n) is 8.61. The van der Waals surface area contributed by atoms with E-state index >= 15 is 0 Å². The minimum Gasteiger partial charge on any atom is -0.336 e. The topological polar surface area (TPSA) is 41.6 Å². The van der Waals surface area contributed by atoms with Crippen molar-refractivity contribution in [2.75, 3.05) is 0 Å². The van der Waals surface area contributed by atoms with Crippen molar-refractivity contribution in [2.45, 2.75) is 0 Å². The van der Waals surface area contributed by atoms with Crippen LogP contribution >= 0.6 is 23.2 Å². The second kappa shape index (κ2) is 4.02. The molecule has 0 aliphatic heterocycles. The molecule has 5 heteroatoms. The Morgan fingerprint density at radius 2 is 1.76 bits per heavy atom. The normalized spacial score (nSPS) is 10.9. The van der Waals surface area contributed by atoms with Crippen LogP contribution in [0.5, 0.6) is 0 Å². The molecule has 0 aliphatic rings. The van der Waals surface area contributed by atoms with Gasteiger partial charge in [-0.25, -0.2) is 9.97 Å². The summed E-state index contributed by atoms with van der Waals surface area (Å²) in [5, 5.41) is 1.13. The van der Waals surface area contributed by atoms with Gasteiger partial charge in [0.2, 0.25) is 0 Å². The number of fused-ring (bicyclic) bond motifs is 1. The van der Waals surface area contributed by atoms with E-state index in [0.29, 0.717) is 27.1 Å². The molecule has 3 aromatic rings. The molecule has 0 aliphatic carbocycles. The summed E-state index contributed by atoms with van der Waals surface area (Å²) in [6.45, 7) is 0. The highest BCUT2D eigenvalue weighted by Gasteiger charge is 2.12. The number of nitrogens with one attached hydrogen (secondary N) is 1. The predicted octanol–water partition coefficient (Wildman–Crippen LogP) is 3.93. The summed E-state index contributed by atoms with van der Waals surface area (Å²) < 4.78 is 0. The molecule has 0 radical (unpaired) electrons. The van der Waals surface area contributed by atoms with Gasteiger partial charge in [-0.05, 0) is 24.3 Å². The van der Waals surface area contributed by atoms with Crippen LogP contribution in [-0.2, 0) is 0 Å². The average Bonchev–Trinajstić information content (AvgIpc) is 2.71. The lowest BCUT2D eigenvalue weighted by Gasteiger charge is -2.02. The molecule has 0 atom stereocenters. The van der Waals surface area contributed by atoms with E-state index in [2.05, 4.69) is 15.0 Å². The van der Waals surface area contributed by atoms with Gasteiger partial charge < -0.3 is 4.98 Å². The third-order valence-electron chi connectivity index (χ3n) is 2.46. The molecule has 2 aromatic heterocycles. The maximum absolute atomic E-state index is 6.13. The molecular weight excluding hydrogens is 257 g/mol. The Kier molecular flexibility index (Phi) is 2.50. The van der Waals surface area contributed by atoms with Crippen LogP contribution in [0.3, 0.4) is 0 Å². The number of aromatic nitrogens is 3. The van der Waals surface area contributed by atoms with Crippen LogP contribution in [0.1, 0.15) is 0 Å². The highest BCUT2D eigenvalue weighted by molar-refractivity contribution is 6.39. The van der Waals surface area contributed by atoms with E-state index in [0.717, 1.165) is 5.52 Å². The quantitative estimate of drug-likeness (QED) is 0.723. The first-order valence-electron chi connectivity index (χ1n) is 5.01. The van der Waals surface area contributed by atoms with Gasteiger partial charge in [0.1, 0.15) is 5.82 Å². The molecule has 0 saturated heterocycles. The second-order valence-corrected chi connectivity index (χ2v) is 4.37. The van der Waals surface area contributed by atoms with Gasteiger partial charge in [-0.15, -0.1) is 0 Å². The molecule has 1 N–H and O–H groups in total. The van der Waals surface area contributed by atoms with Gasteiger partial charge in [0.25, 0.3) is 0 Å². The number of aromatic amines is 1. The van der Waals surface area contributed by atoms with Crippen molar-refractivity contribution in [1.29, 1.82) is 0 Å². The van der Waals surface area contributed by atoms with Gasteiger partial charge in [0.05, 0.1) is 21.1 Å². The van der Waals surface area contributed by atoms with Crippen LogP contribution in [0.25, 0.3) is 22.6 Å². The highest BCUT2D eigenvalue weighted by atomic mass is 35.5. The number of imidazole rings is 1. The first-order chi connectivity index (χ1) is 8.25. The van der Waals surface area contributed by atoms with Gasteiger partial charge in [-0.1, -0.05) is 29.3 Å². The Balaban J connectivity index is 2.27. The van der Waals surface area contributed by atoms with Gasteiger partial charge >= 0.3 is 0 Å². The third-order valence-corrected chi connectivity index (χ3v) is 3.09. The Labute approximate surface area is 107 Å². The standard InChI is InChI=1S/C12H7Cl2N3/c13-7-3-1-4-8(14)10(7)12-16-9-5-2-6-15-11(9)17-12/h1-6H,(H,15,16,17). The number of nitrogens with zero attached hydrogens (tertiary/aromatic N) is 2. The van der Waals surface area contributed by atoms with Crippen molar-refractivity contribution in [3.05, 3.63) is 46.6 Å². The van der Waals surface area contributed by atoms with Crippen LogP contribution in [0.4, 0.5) is 0 Å². The van der Waals surface area contributed by atoms with E-state index in [1.165, 1.54) is 0 Å². The number of halogens is 2. The van der Waals surface area contributed by atoms with Gasteiger partial charge in [0.15, 0.2) is 5.65 Å². The number of benzene rings is 1. The molecule has 1 aromatic carbocycles. The SMILES string of the molecule is Clc1cccc(Cl)c1-c1nc2ncccc2[nH]1. The molecule has 3 nitrogen and oxygen atoms in total.